The highest BCUT2D eigenvalue weighted by Crippen LogP contribution is 2.50. The molecule has 1 saturated carbocycles. The molecule has 2 fully saturated rings. The molecule has 0 atom stereocenters. The van der Waals surface area contributed by atoms with Crippen molar-refractivity contribution in [3.63, 3.8) is 0 Å². The number of nitrogens with two attached hydrogens (primary N) is 1. The van der Waals surface area contributed by atoms with Gasteiger partial charge in [0.15, 0.2) is 11.1 Å². The van der Waals surface area contributed by atoms with Crippen molar-refractivity contribution in [2.75, 3.05) is 37.6 Å². The number of aromatic nitrogens is 1. The summed E-state index contributed by atoms with van der Waals surface area (Å²) >= 11 is 8.06. The quantitative estimate of drug-likeness (QED) is 0.394. The van der Waals surface area contributed by atoms with E-state index >= 15 is 0 Å². The average Bonchev–Trinajstić information content (AvgIpc) is 3.22. The van der Waals surface area contributed by atoms with E-state index in [1.165, 1.54) is 5.56 Å². The molecule has 2 aliphatic rings. The molecule has 8 heteroatoms. The van der Waals surface area contributed by atoms with E-state index in [2.05, 4.69) is 20.9 Å². The molecule has 2 N–H and O–H groups in total. The molecule has 0 radical (unpaired) electrons. The lowest BCUT2D eigenvalue weighted by Crippen LogP contribution is -2.51. The van der Waals surface area contributed by atoms with Crippen molar-refractivity contribution < 1.29 is 0 Å². The van der Waals surface area contributed by atoms with E-state index in [1.54, 1.807) is 11.3 Å². The number of hydrogen-bond donors (Lipinski definition) is 1. The smallest absolute Gasteiger partial charge is 0.191 e. The van der Waals surface area contributed by atoms with Crippen LogP contribution in [0.4, 0.5) is 5.13 Å². The van der Waals surface area contributed by atoms with Crippen LogP contribution in [0.1, 0.15) is 18.4 Å². The third kappa shape index (κ3) is 4.09. The Morgan fingerprint density at radius 1 is 1.23 bits per heavy atom. The number of nitrogens with zero attached hydrogens (tertiary/aromatic N) is 4. The van der Waals surface area contributed by atoms with Gasteiger partial charge < -0.3 is 15.5 Å². The van der Waals surface area contributed by atoms with Crippen molar-refractivity contribution in [3.8, 4) is 0 Å². The lowest BCUT2D eigenvalue weighted by Gasteiger charge is -2.35. The van der Waals surface area contributed by atoms with Crippen molar-refractivity contribution in [1.29, 1.82) is 0 Å². The van der Waals surface area contributed by atoms with Crippen molar-refractivity contribution in [2.24, 2.45) is 10.7 Å². The molecule has 0 spiro atoms. The van der Waals surface area contributed by atoms with Crippen LogP contribution in [-0.2, 0) is 5.41 Å². The molecule has 4 rings (SSSR count). The number of benzene rings is 1. The second-order valence-electron chi connectivity index (χ2n) is 6.72. The fraction of sp³-hybridized carbons (Fsp3) is 0.444. The Balaban J connectivity index is 0.00000196. The molecule has 1 aliphatic carbocycles. The van der Waals surface area contributed by atoms with Gasteiger partial charge in [0.05, 0.1) is 6.54 Å². The zero-order chi connectivity index (χ0) is 17.3. The van der Waals surface area contributed by atoms with Crippen LogP contribution in [0.15, 0.2) is 40.8 Å². The van der Waals surface area contributed by atoms with E-state index in [1.807, 2.05) is 29.8 Å². The first kappa shape index (κ1) is 19.7. The van der Waals surface area contributed by atoms with Crippen LogP contribution in [0.5, 0.6) is 0 Å². The van der Waals surface area contributed by atoms with Crippen LogP contribution in [0, 0.1) is 0 Å². The summed E-state index contributed by atoms with van der Waals surface area (Å²) in [4.78, 5) is 13.6. The van der Waals surface area contributed by atoms with Gasteiger partial charge in [-0.25, -0.2) is 4.98 Å². The van der Waals surface area contributed by atoms with Gasteiger partial charge in [0, 0.05) is 48.2 Å². The highest BCUT2D eigenvalue weighted by molar-refractivity contribution is 14.0. The number of rotatable bonds is 4. The van der Waals surface area contributed by atoms with Crippen LogP contribution in [0.2, 0.25) is 5.02 Å². The van der Waals surface area contributed by atoms with Crippen LogP contribution < -0.4 is 10.6 Å². The Morgan fingerprint density at radius 3 is 2.58 bits per heavy atom. The van der Waals surface area contributed by atoms with Gasteiger partial charge in [-0.1, -0.05) is 29.8 Å². The molecular formula is C18H23ClIN5S. The Bertz CT molecular complexity index is 755. The normalized spacial score (nSPS) is 19.2. The fourth-order valence-electron chi connectivity index (χ4n) is 3.39. The Kier molecular flexibility index (Phi) is 6.29. The van der Waals surface area contributed by atoms with Gasteiger partial charge in [0.25, 0.3) is 0 Å². The van der Waals surface area contributed by atoms with Crippen LogP contribution >= 0.6 is 46.9 Å². The highest BCUT2D eigenvalue weighted by atomic mass is 127. The number of thiazole rings is 1. The number of hydrogen-bond acceptors (Lipinski definition) is 4. The summed E-state index contributed by atoms with van der Waals surface area (Å²) in [6.45, 7) is 4.34. The maximum absolute atomic E-state index is 6.38. The zero-order valence-electron chi connectivity index (χ0n) is 14.5. The van der Waals surface area contributed by atoms with Gasteiger partial charge >= 0.3 is 0 Å². The number of aliphatic imine (C=N–C) groups is 1. The lowest BCUT2D eigenvalue weighted by atomic mass is 9.96. The Labute approximate surface area is 180 Å². The maximum Gasteiger partial charge on any atom is 0.191 e. The average molecular weight is 504 g/mol. The molecule has 1 aromatic carbocycles. The van der Waals surface area contributed by atoms with Gasteiger partial charge in [0.1, 0.15) is 0 Å². The minimum atomic E-state index is 0. The number of halogens is 2. The third-order valence-corrected chi connectivity index (χ3v) is 6.30. The van der Waals surface area contributed by atoms with E-state index in [4.69, 9.17) is 22.3 Å². The minimum absolute atomic E-state index is 0. The fourth-order valence-corrected chi connectivity index (χ4v) is 4.42. The van der Waals surface area contributed by atoms with Crippen molar-refractivity contribution in [1.82, 2.24) is 9.88 Å². The summed E-state index contributed by atoms with van der Waals surface area (Å²) < 4.78 is 0. The Morgan fingerprint density at radius 2 is 1.96 bits per heavy atom. The van der Waals surface area contributed by atoms with Gasteiger partial charge in [-0.15, -0.1) is 35.3 Å². The van der Waals surface area contributed by atoms with Gasteiger partial charge in [0.2, 0.25) is 0 Å². The van der Waals surface area contributed by atoms with E-state index in [9.17, 15) is 0 Å². The SMILES string of the molecule is I.NC(=NCC1(c2ccccc2Cl)CC1)N1CCN(c2nccs2)CC1. The molecule has 1 saturated heterocycles. The summed E-state index contributed by atoms with van der Waals surface area (Å²) in [6, 6.07) is 8.10. The van der Waals surface area contributed by atoms with E-state index < -0.39 is 0 Å². The largest absolute Gasteiger partial charge is 0.370 e. The van der Waals surface area contributed by atoms with Crippen LogP contribution in [0.3, 0.4) is 0 Å². The lowest BCUT2D eigenvalue weighted by molar-refractivity contribution is 0.380. The molecule has 5 nitrogen and oxygen atoms in total. The first-order valence-corrected chi connectivity index (χ1v) is 9.88. The molecule has 2 heterocycles. The van der Waals surface area contributed by atoms with Crippen molar-refractivity contribution >= 4 is 58.0 Å². The minimum Gasteiger partial charge on any atom is -0.370 e. The topological polar surface area (TPSA) is 57.8 Å². The number of anilines is 1. The van der Waals surface area contributed by atoms with Crippen molar-refractivity contribution in [3.05, 3.63) is 46.4 Å². The van der Waals surface area contributed by atoms with Gasteiger partial charge in [-0.2, -0.15) is 0 Å². The molecule has 1 aliphatic heterocycles. The standard InChI is InChI=1S/C18H22ClN5S.HI/c19-15-4-2-1-3-14(15)18(5-6-18)13-22-16(20)23-8-10-24(11-9-23)17-21-7-12-25-17;/h1-4,7,12H,5-6,8-11,13H2,(H2,20,22);1H. The molecule has 0 bridgehead atoms. The van der Waals surface area contributed by atoms with E-state index in [0.717, 1.165) is 55.7 Å². The monoisotopic (exact) mass is 503 g/mol. The summed E-state index contributed by atoms with van der Waals surface area (Å²) in [5.74, 6) is 0.650. The highest BCUT2D eigenvalue weighted by Gasteiger charge is 2.45. The number of piperazine rings is 1. The molecule has 2 aromatic rings. The van der Waals surface area contributed by atoms with Gasteiger partial charge in [-0.05, 0) is 24.5 Å². The molecule has 0 amide bonds. The van der Waals surface area contributed by atoms with Crippen LogP contribution in [0.25, 0.3) is 0 Å². The number of guanidine groups is 1. The Hall–Kier alpha value is -1.06. The first-order valence-electron chi connectivity index (χ1n) is 8.62. The summed E-state index contributed by atoms with van der Waals surface area (Å²) in [5, 5.41) is 3.94. The third-order valence-electron chi connectivity index (χ3n) is 5.14. The first-order chi connectivity index (χ1) is 12.2. The summed E-state index contributed by atoms with van der Waals surface area (Å²) in [6.07, 6.45) is 4.11. The molecular weight excluding hydrogens is 481 g/mol. The second-order valence-corrected chi connectivity index (χ2v) is 8.00. The predicted octanol–water partition coefficient (Wildman–Crippen LogP) is 3.58. The van der Waals surface area contributed by atoms with Gasteiger partial charge in [-0.3, -0.25) is 4.99 Å². The molecule has 26 heavy (non-hydrogen) atoms. The summed E-state index contributed by atoms with van der Waals surface area (Å²) in [5.41, 5.74) is 7.57. The van der Waals surface area contributed by atoms with Crippen molar-refractivity contribution in [2.45, 2.75) is 18.3 Å². The predicted molar refractivity (Wildman–Crippen MR) is 120 cm³/mol. The van der Waals surface area contributed by atoms with E-state index in [0.29, 0.717) is 5.96 Å². The van der Waals surface area contributed by atoms with E-state index in [-0.39, 0.29) is 29.4 Å². The molecule has 0 unspecified atom stereocenters. The second kappa shape index (κ2) is 8.31. The molecule has 1 aromatic heterocycles. The van der Waals surface area contributed by atoms with Crippen LogP contribution in [-0.4, -0.2) is 48.6 Å². The maximum atomic E-state index is 6.38. The molecule has 140 valence electrons. The zero-order valence-corrected chi connectivity index (χ0v) is 18.4. The summed E-state index contributed by atoms with van der Waals surface area (Å²) in [7, 11) is 0.